The van der Waals surface area contributed by atoms with Gasteiger partial charge in [0.05, 0.1) is 0 Å². The number of hydrogen-bond donors (Lipinski definition) is 6. The van der Waals surface area contributed by atoms with Crippen LogP contribution in [0.4, 0.5) is 0 Å². The van der Waals surface area contributed by atoms with Crippen molar-refractivity contribution >= 4 is 47.8 Å². The summed E-state index contributed by atoms with van der Waals surface area (Å²) in [5.41, 5.74) is 0. The van der Waals surface area contributed by atoms with Crippen LogP contribution < -0.4 is 0 Å². The van der Waals surface area contributed by atoms with Gasteiger partial charge in [0.15, 0.2) is 24.4 Å². The van der Waals surface area contributed by atoms with Gasteiger partial charge in [-0.3, -0.25) is 19.2 Å². The van der Waals surface area contributed by atoms with Gasteiger partial charge in [0, 0.05) is 0 Å². The number of carboxylic acid groups (broad SMARTS) is 6. The van der Waals surface area contributed by atoms with Crippen LogP contribution in [0.5, 0.6) is 0 Å². The van der Waals surface area contributed by atoms with E-state index in [1.807, 2.05) is 0 Å². The van der Waals surface area contributed by atoms with Crippen LogP contribution in [0.15, 0.2) is 0 Å². The van der Waals surface area contributed by atoms with Crippen LogP contribution in [0.25, 0.3) is 0 Å². The highest BCUT2D eigenvalue weighted by molar-refractivity contribution is 5.99. The average molecular weight is 478 g/mol. The summed E-state index contributed by atoms with van der Waals surface area (Å²) in [6, 6.07) is 0. The molecule has 0 aromatic heterocycles. The third kappa shape index (κ3) is 4.58. The summed E-state index contributed by atoms with van der Waals surface area (Å²) in [6.45, 7) is 0. The van der Waals surface area contributed by atoms with Crippen molar-refractivity contribution in [1.29, 1.82) is 0 Å². The summed E-state index contributed by atoms with van der Waals surface area (Å²) in [5.74, 6) is -25.0. The zero-order chi connectivity index (χ0) is 25.4. The van der Waals surface area contributed by atoms with E-state index in [0.717, 1.165) is 0 Å². The second-order valence-electron chi connectivity index (χ2n) is 6.83. The summed E-state index contributed by atoms with van der Waals surface area (Å²) in [5, 5.41) is 54.9. The van der Waals surface area contributed by atoms with Gasteiger partial charge in [0.1, 0.15) is 23.7 Å². The molecular weight excluding hydrogens is 464 g/mol. The Morgan fingerprint density at radius 3 is 0.879 bits per heavy atom. The van der Waals surface area contributed by atoms with E-state index < -0.39 is 95.8 Å². The lowest BCUT2D eigenvalue weighted by Gasteiger charge is -2.18. The number of carbonyl (C=O) groups is 8. The smallest absolute Gasteiger partial charge is 0.343 e. The molecule has 0 saturated carbocycles. The molecule has 8 unspecified atom stereocenters. The highest BCUT2D eigenvalue weighted by Crippen LogP contribution is 2.37. The minimum absolute atomic E-state index is 1.94. The zero-order valence-corrected chi connectivity index (χ0v) is 15.8. The van der Waals surface area contributed by atoms with Crippen molar-refractivity contribution in [2.75, 3.05) is 0 Å². The SMILES string of the molecule is O=C(O)C1OC(C(=O)OC(=O)C2OC(C(=O)O)C(C(=O)O)C2C(=O)O)C(C(=O)O)C1C(=O)O. The molecule has 8 atom stereocenters. The molecule has 2 saturated heterocycles. The maximum atomic E-state index is 12.3. The van der Waals surface area contributed by atoms with E-state index in [1.165, 1.54) is 0 Å². The zero-order valence-electron chi connectivity index (χ0n) is 15.8. The molecule has 2 fully saturated rings. The van der Waals surface area contributed by atoms with Gasteiger partial charge >= 0.3 is 47.8 Å². The Balaban J connectivity index is 2.32. The molecule has 33 heavy (non-hydrogen) atoms. The normalized spacial score (nSPS) is 33.1. The Kier molecular flexibility index (Phi) is 6.98. The molecule has 0 radical (unpaired) electrons. The fourth-order valence-electron chi connectivity index (χ4n) is 3.58. The largest absolute Gasteiger partial charge is 0.481 e. The fraction of sp³-hybridized carbons (Fsp3) is 0.500. The summed E-state index contributed by atoms with van der Waals surface area (Å²) in [4.78, 5) is 92.6. The number of carbonyl (C=O) groups excluding carboxylic acids is 2. The molecule has 2 aliphatic rings. The fourth-order valence-corrected chi connectivity index (χ4v) is 3.58. The standard InChI is InChI=1S/C16H14O17/c17-9(18)1-3(11(21)22)7(31-5(1)13(25)26)15(29)33-16(30)8-4(12(23)24)2(10(19)20)6(32-8)14(27)28/h1-8H,(H,17,18)(H,19,20)(H,21,22)(H,23,24)(H,25,26)(H,27,28). The molecule has 180 valence electrons. The van der Waals surface area contributed by atoms with E-state index in [4.69, 9.17) is 20.4 Å². The van der Waals surface area contributed by atoms with Gasteiger partial charge in [0.2, 0.25) is 0 Å². The number of esters is 2. The Morgan fingerprint density at radius 2 is 0.667 bits per heavy atom. The first-order chi connectivity index (χ1) is 15.2. The second-order valence-corrected chi connectivity index (χ2v) is 6.83. The Morgan fingerprint density at radius 1 is 0.424 bits per heavy atom. The van der Waals surface area contributed by atoms with E-state index in [1.54, 1.807) is 0 Å². The molecule has 0 amide bonds. The summed E-state index contributed by atoms with van der Waals surface area (Å²) < 4.78 is 13.6. The van der Waals surface area contributed by atoms with Crippen LogP contribution in [-0.4, -0.2) is 103 Å². The molecule has 6 N–H and O–H groups in total. The van der Waals surface area contributed by atoms with Crippen LogP contribution in [0, 0.1) is 23.7 Å². The summed E-state index contributed by atoms with van der Waals surface area (Å²) in [6.07, 6.45) is -9.58. The molecule has 0 aliphatic carbocycles. The van der Waals surface area contributed by atoms with Gasteiger partial charge in [-0.25, -0.2) is 19.2 Å². The highest BCUT2D eigenvalue weighted by Gasteiger charge is 2.61. The van der Waals surface area contributed by atoms with Gasteiger partial charge < -0.3 is 44.8 Å². The van der Waals surface area contributed by atoms with E-state index in [2.05, 4.69) is 14.2 Å². The average Bonchev–Trinajstić information content (AvgIpc) is 3.28. The molecule has 0 aromatic carbocycles. The van der Waals surface area contributed by atoms with Crippen molar-refractivity contribution in [2.45, 2.75) is 24.4 Å². The van der Waals surface area contributed by atoms with Crippen molar-refractivity contribution in [3.05, 3.63) is 0 Å². The lowest BCUT2D eigenvalue weighted by atomic mass is 9.86. The molecule has 0 bridgehead atoms. The van der Waals surface area contributed by atoms with E-state index in [9.17, 15) is 48.6 Å². The Labute approximate surface area is 180 Å². The minimum atomic E-state index is -2.45. The first-order valence-corrected chi connectivity index (χ1v) is 8.64. The van der Waals surface area contributed by atoms with Gasteiger partial charge in [-0.2, -0.15) is 0 Å². The maximum absolute atomic E-state index is 12.3. The van der Waals surface area contributed by atoms with Crippen molar-refractivity contribution in [3.8, 4) is 0 Å². The van der Waals surface area contributed by atoms with Crippen LogP contribution in [0.1, 0.15) is 0 Å². The molecule has 0 aromatic rings. The predicted molar refractivity (Wildman–Crippen MR) is 88.2 cm³/mol. The van der Waals surface area contributed by atoms with Gasteiger partial charge in [0.25, 0.3) is 0 Å². The summed E-state index contributed by atoms with van der Waals surface area (Å²) in [7, 11) is 0. The molecule has 2 heterocycles. The third-order valence-electron chi connectivity index (χ3n) is 4.96. The van der Waals surface area contributed by atoms with E-state index in [-0.39, 0.29) is 0 Å². The predicted octanol–water partition coefficient (Wildman–Crippen LogP) is -3.44. The Bertz CT molecular complexity index is 861. The topological polar surface area (TPSA) is 286 Å². The monoisotopic (exact) mass is 478 g/mol. The first kappa shape index (κ1) is 25.1. The lowest BCUT2D eigenvalue weighted by Crippen LogP contribution is -2.43. The second kappa shape index (κ2) is 9.17. The molecular formula is C16H14O17. The number of ether oxygens (including phenoxy) is 3. The van der Waals surface area contributed by atoms with Gasteiger partial charge in [-0.05, 0) is 0 Å². The third-order valence-corrected chi connectivity index (χ3v) is 4.96. The molecule has 2 aliphatic heterocycles. The van der Waals surface area contributed by atoms with Crippen molar-refractivity contribution in [2.24, 2.45) is 23.7 Å². The first-order valence-electron chi connectivity index (χ1n) is 8.64. The molecule has 17 heteroatoms. The number of hydrogen-bond acceptors (Lipinski definition) is 11. The molecule has 2 rings (SSSR count). The van der Waals surface area contributed by atoms with Gasteiger partial charge in [-0.1, -0.05) is 0 Å². The van der Waals surface area contributed by atoms with Crippen LogP contribution in [-0.2, 0) is 52.6 Å². The molecule has 0 spiro atoms. The van der Waals surface area contributed by atoms with Crippen LogP contribution in [0.2, 0.25) is 0 Å². The number of rotatable bonds is 8. The molecule has 17 nitrogen and oxygen atoms in total. The van der Waals surface area contributed by atoms with Crippen LogP contribution >= 0.6 is 0 Å². The number of aliphatic carboxylic acids is 6. The maximum Gasteiger partial charge on any atom is 0.343 e. The number of carboxylic acids is 6. The minimum Gasteiger partial charge on any atom is -0.481 e. The van der Waals surface area contributed by atoms with E-state index in [0.29, 0.717) is 0 Å². The lowest BCUT2D eigenvalue weighted by molar-refractivity contribution is -0.181. The quantitative estimate of drug-likeness (QED) is 0.146. The summed E-state index contributed by atoms with van der Waals surface area (Å²) >= 11 is 0. The Hall–Kier alpha value is -4.12. The van der Waals surface area contributed by atoms with Crippen molar-refractivity contribution in [1.82, 2.24) is 0 Å². The van der Waals surface area contributed by atoms with Crippen molar-refractivity contribution in [3.63, 3.8) is 0 Å². The van der Waals surface area contributed by atoms with E-state index >= 15 is 0 Å². The highest BCUT2D eigenvalue weighted by atomic mass is 16.6. The van der Waals surface area contributed by atoms with Gasteiger partial charge in [-0.15, -0.1) is 0 Å². The van der Waals surface area contributed by atoms with Crippen molar-refractivity contribution < 1.29 is 83.2 Å². The van der Waals surface area contributed by atoms with Crippen LogP contribution in [0.3, 0.4) is 0 Å².